The minimum Gasteiger partial charge on any atom is -0.306 e. The van der Waals surface area contributed by atoms with Crippen LogP contribution in [0, 0.1) is 12.7 Å². The van der Waals surface area contributed by atoms with Crippen LogP contribution in [0.2, 0.25) is 0 Å². The van der Waals surface area contributed by atoms with Gasteiger partial charge < -0.3 is 5.32 Å². The molecule has 0 aliphatic rings. The highest BCUT2D eigenvalue weighted by Gasteiger charge is 2.09. The van der Waals surface area contributed by atoms with Crippen molar-refractivity contribution in [3.05, 3.63) is 69.4 Å². The van der Waals surface area contributed by atoms with Gasteiger partial charge in [-0.3, -0.25) is 0 Å². The van der Waals surface area contributed by atoms with Crippen molar-refractivity contribution in [2.75, 3.05) is 0 Å². The Hall–Kier alpha value is -1.19. The van der Waals surface area contributed by atoms with Gasteiger partial charge in [0.05, 0.1) is 0 Å². The van der Waals surface area contributed by atoms with Crippen LogP contribution in [0.25, 0.3) is 0 Å². The van der Waals surface area contributed by atoms with Gasteiger partial charge in [-0.15, -0.1) is 0 Å². The van der Waals surface area contributed by atoms with E-state index in [1.165, 1.54) is 17.2 Å². The molecule has 0 saturated heterocycles. The van der Waals surface area contributed by atoms with Crippen molar-refractivity contribution < 1.29 is 4.39 Å². The van der Waals surface area contributed by atoms with E-state index in [0.717, 1.165) is 4.47 Å². The lowest BCUT2D eigenvalue weighted by Crippen LogP contribution is -2.19. The van der Waals surface area contributed by atoms with Crippen LogP contribution in [-0.4, -0.2) is 0 Å². The van der Waals surface area contributed by atoms with Crippen LogP contribution in [0.5, 0.6) is 0 Å². The van der Waals surface area contributed by atoms with Crippen molar-refractivity contribution >= 4 is 15.9 Å². The van der Waals surface area contributed by atoms with E-state index in [-0.39, 0.29) is 11.9 Å². The number of nitrogens with one attached hydrogen (secondary N) is 1. The Morgan fingerprint density at radius 3 is 2.68 bits per heavy atom. The summed E-state index contributed by atoms with van der Waals surface area (Å²) >= 11 is 3.37. The zero-order chi connectivity index (χ0) is 13.8. The third-order valence-corrected chi connectivity index (χ3v) is 3.75. The SMILES string of the molecule is Cc1ccccc1[C@@H](C)NCc1cc(Br)ccc1F. The summed E-state index contributed by atoms with van der Waals surface area (Å²) in [5.74, 6) is -0.173. The minimum absolute atomic E-state index is 0.173. The Morgan fingerprint density at radius 1 is 1.21 bits per heavy atom. The summed E-state index contributed by atoms with van der Waals surface area (Å²) in [5.41, 5.74) is 3.17. The van der Waals surface area contributed by atoms with Crippen molar-refractivity contribution in [3.63, 3.8) is 0 Å². The maximum Gasteiger partial charge on any atom is 0.127 e. The highest BCUT2D eigenvalue weighted by atomic mass is 79.9. The number of hydrogen-bond acceptors (Lipinski definition) is 1. The smallest absolute Gasteiger partial charge is 0.127 e. The van der Waals surface area contributed by atoms with E-state index < -0.39 is 0 Å². The lowest BCUT2D eigenvalue weighted by atomic mass is 10.0. The summed E-state index contributed by atoms with van der Waals surface area (Å²) in [6.45, 7) is 4.70. The first-order chi connectivity index (χ1) is 9.08. The lowest BCUT2D eigenvalue weighted by Gasteiger charge is -2.17. The Balaban J connectivity index is 2.06. The molecular formula is C16H17BrFN. The Kier molecular flexibility index (Phi) is 4.72. The first-order valence-corrected chi connectivity index (χ1v) is 7.10. The lowest BCUT2D eigenvalue weighted by molar-refractivity contribution is 0.542. The summed E-state index contributed by atoms with van der Waals surface area (Å²) in [7, 11) is 0. The van der Waals surface area contributed by atoms with Crippen LogP contribution in [-0.2, 0) is 6.54 Å². The Bertz CT molecular complexity index is 568. The van der Waals surface area contributed by atoms with Crippen molar-refractivity contribution in [2.45, 2.75) is 26.4 Å². The fourth-order valence-electron chi connectivity index (χ4n) is 2.12. The van der Waals surface area contributed by atoms with E-state index in [2.05, 4.69) is 47.2 Å². The van der Waals surface area contributed by atoms with E-state index in [9.17, 15) is 4.39 Å². The second kappa shape index (κ2) is 6.31. The molecular weight excluding hydrogens is 305 g/mol. The fraction of sp³-hybridized carbons (Fsp3) is 0.250. The number of halogens is 2. The van der Waals surface area contributed by atoms with E-state index in [4.69, 9.17) is 0 Å². The molecule has 0 radical (unpaired) electrons. The zero-order valence-corrected chi connectivity index (χ0v) is 12.7. The topological polar surface area (TPSA) is 12.0 Å². The molecule has 0 unspecified atom stereocenters. The second-order valence-corrected chi connectivity index (χ2v) is 5.61. The molecule has 0 aromatic heterocycles. The number of aryl methyl sites for hydroxylation is 1. The van der Waals surface area contributed by atoms with E-state index in [1.807, 2.05) is 18.2 Å². The molecule has 2 rings (SSSR count). The van der Waals surface area contributed by atoms with Crippen LogP contribution in [0.1, 0.15) is 29.7 Å². The average Bonchev–Trinajstić information content (AvgIpc) is 2.40. The number of hydrogen-bond donors (Lipinski definition) is 1. The predicted molar refractivity (Wildman–Crippen MR) is 80.5 cm³/mol. The molecule has 3 heteroatoms. The van der Waals surface area contributed by atoms with Crippen LogP contribution in [0.15, 0.2) is 46.9 Å². The molecule has 1 atom stereocenters. The monoisotopic (exact) mass is 321 g/mol. The van der Waals surface area contributed by atoms with E-state index >= 15 is 0 Å². The number of rotatable bonds is 4. The molecule has 0 heterocycles. The van der Waals surface area contributed by atoms with Gasteiger partial charge in [0.2, 0.25) is 0 Å². The first kappa shape index (κ1) is 14.2. The van der Waals surface area contributed by atoms with Crippen LogP contribution in [0.3, 0.4) is 0 Å². The van der Waals surface area contributed by atoms with Gasteiger partial charge in [0.25, 0.3) is 0 Å². The Labute approximate surface area is 122 Å². The van der Waals surface area contributed by atoms with Gasteiger partial charge in [0.15, 0.2) is 0 Å². The second-order valence-electron chi connectivity index (χ2n) is 4.69. The van der Waals surface area contributed by atoms with Gasteiger partial charge in [-0.25, -0.2) is 4.39 Å². The average molecular weight is 322 g/mol. The molecule has 0 aliphatic heterocycles. The summed E-state index contributed by atoms with van der Waals surface area (Å²) in [6, 6.07) is 13.5. The molecule has 0 amide bonds. The van der Waals surface area contributed by atoms with Gasteiger partial charge in [-0.1, -0.05) is 40.2 Å². The molecule has 0 aliphatic carbocycles. The highest BCUT2D eigenvalue weighted by molar-refractivity contribution is 9.10. The molecule has 19 heavy (non-hydrogen) atoms. The zero-order valence-electron chi connectivity index (χ0n) is 11.1. The van der Waals surface area contributed by atoms with Crippen molar-refractivity contribution in [1.82, 2.24) is 5.32 Å². The highest BCUT2D eigenvalue weighted by Crippen LogP contribution is 2.19. The van der Waals surface area contributed by atoms with Crippen LogP contribution >= 0.6 is 15.9 Å². The van der Waals surface area contributed by atoms with Crippen molar-refractivity contribution in [2.24, 2.45) is 0 Å². The van der Waals surface area contributed by atoms with Gasteiger partial charge in [-0.2, -0.15) is 0 Å². The van der Waals surface area contributed by atoms with Gasteiger partial charge in [0.1, 0.15) is 5.82 Å². The van der Waals surface area contributed by atoms with Crippen molar-refractivity contribution in [1.29, 1.82) is 0 Å². The fourth-order valence-corrected chi connectivity index (χ4v) is 2.53. The summed E-state index contributed by atoms with van der Waals surface area (Å²) in [6.07, 6.45) is 0. The van der Waals surface area contributed by atoms with Gasteiger partial charge in [-0.05, 0) is 43.2 Å². The standard InChI is InChI=1S/C16H17BrFN/c1-11-5-3-4-6-15(11)12(2)19-10-13-9-14(17)7-8-16(13)18/h3-9,12,19H,10H2,1-2H3/t12-/m1/s1. The molecule has 1 nitrogen and oxygen atoms in total. The maximum absolute atomic E-state index is 13.6. The summed E-state index contributed by atoms with van der Waals surface area (Å²) < 4.78 is 14.5. The number of benzene rings is 2. The van der Waals surface area contributed by atoms with Gasteiger partial charge in [0, 0.05) is 22.6 Å². The molecule has 0 bridgehead atoms. The molecule has 0 saturated carbocycles. The third-order valence-electron chi connectivity index (χ3n) is 3.26. The quantitative estimate of drug-likeness (QED) is 0.857. The van der Waals surface area contributed by atoms with Gasteiger partial charge >= 0.3 is 0 Å². The Morgan fingerprint density at radius 2 is 1.95 bits per heavy atom. The third kappa shape index (κ3) is 3.64. The predicted octanol–water partition coefficient (Wildman–Crippen LogP) is 4.75. The maximum atomic E-state index is 13.6. The molecule has 2 aromatic carbocycles. The first-order valence-electron chi connectivity index (χ1n) is 6.31. The molecule has 2 aromatic rings. The van der Waals surface area contributed by atoms with Crippen LogP contribution < -0.4 is 5.32 Å². The molecule has 1 N–H and O–H groups in total. The van der Waals surface area contributed by atoms with Crippen LogP contribution in [0.4, 0.5) is 4.39 Å². The normalized spacial score (nSPS) is 12.4. The van der Waals surface area contributed by atoms with Crippen molar-refractivity contribution in [3.8, 4) is 0 Å². The van der Waals surface area contributed by atoms with E-state index in [1.54, 1.807) is 6.07 Å². The summed E-state index contributed by atoms with van der Waals surface area (Å²) in [5, 5.41) is 3.36. The largest absolute Gasteiger partial charge is 0.306 e. The van der Waals surface area contributed by atoms with E-state index in [0.29, 0.717) is 12.1 Å². The molecule has 100 valence electrons. The minimum atomic E-state index is -0.173. The summed E-state index contributed by atoms with van der Waals surface area (Å²) in [4.78, 5) is 0. The molecule has 0 fully saturated rings. The molecule has 0 spiro atoms.